The van der Waals surface area contributed by atoms with Crippen molar-refractivity contribution in [3.05, 3.63) is 65.5 Å². The van der Waals surface area contributed by atoms with E-state index in [2.05, 4.69) is 0 Å². The van der Waals surface area contributed by atoms with Crippen LogP contribution in [0.4, 0.5) is 4.39 Å². The average molecular weight is 318 g/mol. The molecule has 0 amide bonds. The number of aldehydes is 1. The van der Waals surface area contributed by atoms with Crippen molar-refractivity contribution in [1.82, 2.24) is 0 Å². The first-order chi connectivity index (χ1) is 10.4. The lowest BCUT2D eigenvalue weighted by Gasteiger charge is -2.05. The molecule has 0 saturated heterocycles. The van der Waals surface area contributed by atoms with Gasteiger partial charge in [0, 0.05) is 11.8 Å². The molecule has 2 aromatic rings. The molecule has 1 aliphatic carbocycles. The van der Waals surface area contributed by atoms with E-state index in [1.54, 1.807) is 36.4 Å². The zero-order valence-corrected chi connectivity index (χ0v) is 12.8. The fraction of sp³-hybridized carbons (Fsp3) is 0.235. The van der Waals surface area contributed by atoms with Gasteiger partial charge in [-0.05, 0) is 36.8 Å². The SMILES string of the molecule is Cc1ccc(S(=O)(=O)[C@@H]2[C@@H](C=O)[C@H]2c2ccc(F)cc2)cc1. The number of hydrogen-bond donors (Lipinski definition) is 0. The molecule has 0 unspecified atom stereocenters. The molecule has 0 heterocycles. The fourth-order valence-electron chi connectivity index (χ4n) is 2.85. The Balaban J connectivity index is 1.95. The fourth-order valence-corrected chi connectivity index (χ4v) is 4.96. The smallest absolute Gasteiger partial charge is 0.182 e. The molecule has 114 valence electrons. The van der Waals surface area contributed by atoms with E-state index in [4.69, 9.17) is 0 Å². The molecule has 0 aromatic heterocycles. The molecule has 0 aliphatic heterocycles. The number of carbonyl (C=O) groups excluding carboxylic acids is 1. The number of rotatable bonds is 4. The minimum atomic E-state index is -3.58. The topological polar surface area (TPSA) is 51.2 Å². The van der Waals surface area contributed by atoms with Crippen LogP contribution in [-0.4, -0.2) is 20.0 Å². The summed E-state index contributed by atoms with van der Waals surface area (Å²) in [7, 11) is -3.58. The number of benzene rings is 2. The van der Waals surface area contributed by atoms with Crippen molar-refractivity contribution < 1.29 is 17.6 Å². The summed E-state index contributed by atoms with van der Waals surface area (Å²) in [6.07, 6.45) is 0.685. The average Bonchev–Trinajstić information content (AvgIpc) is 3.24. The van der Waals surface area contributed by atoms with Gasteiger partial charge in [0.15, 0.2) is 9.84 Å². The molecule has 22 heavy (non-hydrogen) atoms. The third-order valence-corrected chi connectivity index (χ3v) is 6.38. The lowest BCUT2D eigenvalue weighted by atomic mass is 10.1. The summed E-state index contributed by atoms with van der Waals surface area (Å²) >= 11 is 0. The third-order valence-electron chi connectivity index (χ3n) is 4.13. The van der Waals surface area contributed by atoms with Crippen molar-refractivity contribution in [2.45, 2.75) is 23.0 Å². The van der Waals surface area contributed by atoms with Crippen LogP contribution in [0.15, 0.2) is 53.4 Å². The van der Waals surface area contributed by atoms with Crippen molar-refractivity contribution in [2.24, 2.45) is 5.92 Å². The maximum atomic E-state index is 13.0. The van der Waals surface area contributed by atoms with Gasteiger partial charge in [0.05, 0.1) is 10.1 Å². The standard InChI is InChI=1S/C17H15FO3S/c1-11-2-8-14(9-3-11)22(20,21)17-15(10-19)16(17)12-4-6-13(18)7-5-12/h2-10,15-17H,1H3/t15-,16+,17+/m0/s1. The van der Waals surface area contributed by atoms with Crippen molar-refractivity contribution >= 4 is 16.1 Å². The van der Waals surface area contributed by atoms with Crippen LogP contribution >= 0.6 is 0 Å². The van der Waals surface area contributed by atoms with Crippen molar-refractivity contribution in [2.75, 3.05) is 0 Å². The monoisotopic (exact) mass is 318 g/mol. The van der Waals surface area contributed by atoms with E-state index in [0.29, 0.717) is 11.8 Å². The summed E-state index contributed by atoms with van der Waals surface area (Å²) in [5.74, 6) is -1.36. The van der Waals surface area contributed by atoms with E-state index in [9.17, 15) is 17.6 Å². The van der Waals surface area contributed by atoms with Gasteiger partial charge in [-0.1, -0.05) is 29.8 Å². The molecule has 5 heteroatoms. The van der Waals surface area contributed by atoms with Crippen LogP contribution in [0.2, 0.25) is 0 Å². The maximum absolute atomic E-state index is 13.0. The lowest BCUT2D eigenvalue weighted by Crippen LogP contribution is -2.11. The Morgan fingerprint density at radius 2 is 1.59 bits per heavy atom. The summed E-state index contributed by atoms with van der Waals surface area (Å²) < 4.78 is 38.4. The van der Waals surface area contributed by atoms with E-state index in [1.165, 1.54) is 12.1 Å². The Bertz CT molecular complexity index is 795. The van der Waals surface area contributed by atoms with Gasteiger partial charge in [0.1, 0.15) is 12.1 Å². The van der Waals surface area contributed by atoms with Gasteiger partial charge in [-0.15, -0.1) is 0 Å². The van der Waals surface area contributed by atoms with Crippen LogP contribution in [0, 0.1) is 18.7 Å². The van der Waals surface area contributed by atoms with Gasteiger partial charge >= 0.3 is 0 Å². The highest BCUT2D eigenvalue weighted by Gasteiger charge is 2.58. The van der Waals surface area contributed by atoms with Crippen molar-refractivity contribution in [3.8, 4) is 0 Å². The number of aryl methyl sites for hydroxylation is 1. The number of sulfone groups is 1. The zero-order valence-electron chi connectivity index (χ0n) is 11.9. The van der Waals surface area contributed by atoms with Gasteiger partial charge in [-0.2, -0.15) is 0 Å². The highest BCUT2D eigenvalue weighted by atomic mass is 32.2. The van der Waals surface area contributed by atoms with E-state index in [1.807, 2.05) is 6.92 Å². The quantitative estimate of drug-likeness (QED) is 0.815. The molecule has 1 aliphatic rings. The molecule has 0 N–H and O–H groups in total. The Morgan fingerprint density at radius 3 is 2.14 bits per heavy atom. The molecule has 1 saturated carbocycles. The first kappa shape index (κ1) is 14.9. The van der Waals surface area contributed by atoms with Gasteiger partial charge in [0.25, 0.3) is 0 Å². The van der Waals surface area contributed by atoms with E-state index in [0.717, 1.165) is 5.56 Å². The second-order valence-electron chi connectivity index (χ2n) is 5.61. The maximum Gasteiger partial charge on any atom is 0.182 e. The molecule has 2 aromatic carbocycles. The van der Waals surface area contributed by atoms with Gasteiger partial charge < -0.3 is 4.79 Å². The van der Waals surface area contributed by atoms with Crippen LogP contribution in [0.3, 0.4) is 0 Å². The van der Waals surface area contributed by atoms with E-state index >= 15 is 0 Å². The van der Waals surface area contributed by atoms with Crippen molar-refractivity contribution in [3.63, 3.8) is 0 Å². The zero-order chi connectivity index (χ0) is 15.9. The minimum absolute atomic E-state index is 0.222. The van der Waals surface area contributed by atoms with Gasteiger partial charge in [0.2, 0.25) is 0 Å². The van der Waals surface area contributed by atoms with Crippen molar-refractivity contribution in [1.29, 1.82) is 0 Å². The van der Waals surface area contributed by atoms with Crippen LogP contribution in [0.5, 0.6) is 0 Å². The molecule has 0 radical (unpaired) electrons. The summed E-state index contributed by atoms with van der Waals surface area (Å²) in [4.78, 5) is 11.4. The summed E-state index contributed by atoms with van der Waals surface area (Å²) in [6.45, 7) is 1.88. The molecular weight excluding hydrogens is 303 g/mol. The molecule has 3 rings (SSSR count). The first-order valence-electron chi connectivity index (χ1n) is 6.96. The molecule has 1 fully saturated rings. The number of carbonyl (C=O) groups is 1. The van der Waals surface area contributed by atoms with Crippen LogP contribution in [-0.2, 0) is 14.6 Å². The molecular formula is C17H15FO3S. The highest BCUT2D eigenvalue weighted by Crippen LogP contribution is 2.52. The largest absolute Gasteiger partial charge is 0.303 e. The normalized spacial score (nSPS) is 24.0. The number of hydrogen-bond acceptors (Lipinski definition) is 3. The van der Waals surface area contributed by atoms with Crippen LogP contribution in [0.1, 0.15) is 17.0 Å². The molecule has 3 nitrogen and oxygen atoms in total. The Hall–Kier alpha value is -2.01. The summed E-state index contributed by atoms with van der Waals surface area (Å²) in [5.41, 5.74) is 1.65. The molecule has 0 spiro atoms. The lowest BCUT2D eigenvalue weighted by molar-refractivity contribution is -0.108. The van der Waals surface area contributed by atoms with Gasteiger partial charge in [-0.25, -0.2) is 12.8 Å². The predicted octanol–water partition coefficient (Wildman–Crippen LogP) is 2.89. The Labute approximate surface area is 128 Å². The summed E-state index contributed by atoms with van der Waals surface area (Å²) in [6, 6.07) is 12.2. The Kier molecular flexibility index (Phi) is 3.60. The molecule has 3 atom stereocenters. The third kappa shape index (κ3) is 2.46. The first-order valence-corrected chi connectivity index (χ1v) is 8.51. The number of halogens is 1. The predicted molar refractivity (Wildman–Crippen MR) is 80.8 cm³/mol. The Morgan fingerprint density at radius 1 is 1.00 bits per heavy atom. The molecule has 0 bridgehead atoms. The highest BCUT2D eigenvalue weighted by molar-refractivity contribution is 7.92. The minimum Gasteiger partial charge on any atom is -0.303 e. The van der Waals surface area contributed by atoms with Crippen LogP contribution in [0.25, 0.3) is 0 Å². The second kappa shape index (κ2) is 5.32. The van der Waals surface area contributed by atoms with E-state index < -0.39 is 26.9 Å². The second-order valence-corrected chi connectivity index (χ2v) is 7.72. The van der Waals surface area contributed by atoms with Crippen LogP contribution < -0.4 is 0 Å². The van der Waals surface area contributed by atoms with E-state index in [-0.39, 0.29) is 10.7 Å². The van der Waals surface area contributed by atoms with Gasteiger partial charge in [-0.3, -0.25) is 0 Å². The summed E-state index contributed by atoms with van der Waals surface area (Å²) in [5, 5.41) is -0.766.